The number of alkyl carbamates (subject to hydrolysis) is 1. The van der Waals surface area contributed by atoms with Gasteiger partial charge in [0, 0.05) is 5.92 Å². The Kier molecular flexibility index (Phi) is 6.31. The van der Waals surface area contributed by atoms with Crippen molar-refractivity contribution < 1.29 is 29.0 Å². The smallest absolute Gasteiger partial charge is 0.407 e. The number of primary amides is 1. The van der Waals surface area contributed by atoms with Gasteiger partial charge in [0.15, 0.2) is 0 Å². The minimum Gasteiger partial charge on any atom is -0.480 e. The van der Waals surface area contributed by atoms with E-state index < -0.39 is 42.9 Å². The van der Waals surface area contributed by atoms with E-state index in [1.54, 1.807) is 0 Å². The summed E-state index contributed by atoms with van der Waals surface area (Å²) in [5.41, 5.74) is 9.25. The Hall–Kier alpha value is -3.88. The number of ether oxygens (including phenoxy) is 1. The normalized spacial score (nSPS) is 12.9. The van der Waals surface area contributed by atoms with Crippen molar-refractivity contribution in [3.63, 3.8) is 0 Å². The highest BCUT2D eigenvalue weighted by Gasteiger charge is 2.29. The van der Waals surface area contributed by atoms with Gasteiger partial charge in [-0.2, -0.15) is 0 Å². The van der Waals surface area contributed by atoms with E-state index in [-0.39, 0.29) is 12.5 Å². The van der Waals surface area contributed by atoms with Crippen molar-refractivity contribution in [2.24, 2.45) is 5.73 Å². The van der Waals surface area contributed by atoms with Crippen LogP contribution in [0.4, 0.5) is 4.79 Å². The van der Waals surface area contributed by atoms with E-state index in [1.807, 2.05) is 48.5 Å². The zero-order valence-electron chi connectivity index (χ0n) is 16.0. The number of carbonyl (C=O) groups is 4. The first kappa shape index (κ1) is 20.8. The second-order valence-electron chi connectivity index (χ2n) is 6.81. The third kappa shape index (κ3) is 4.75. The summed E-state index contributed by atoms with van der Waals surface area (Å²) < 4.78 is 5.29. The van der Waals surface area contributed by atoms with Gasteiger partial charge in [-0.15, -0.1) is 0 Å². The SMILES string of the molecule is NC(=O)C[C@H](NC(=O)CNC(=O)OCC1c2ccccc2-c2ccccc21)C(=O)O. The summed E-state index contributed by atoms with van der Waals surface area (Å²) >= 11 is 0. The number of fused-ring (bicyclic) bond motifs is 3. The van der Waals surface area contributed by atoms with E-state index in [4.69, 9.17) is 15.6 Å². The first-order valence-corrected chi connectivity index (χ1v) is 9.26. The highest BCUT2D eigenvalue weighted by molar-refractivity contribution is 5.89. The second kappa shape index (κ2) is 9.08. The average molecular weight is 411 g/mol. The van der Waals surface area contributed by atoms with Gasteiger partial charge in [-0.05, 0) is 22.3 Å². The van der Waals surface area contributed by atoms with Crippen LogP contribution in [0.3, 0.4) is 0 Å². The highest BCUT2D eigenvalue weighted by atomic mass is 16.5. The molecule has 2 aromatic carbocycles. The summed E-state index contributed by atoms with van der Waals surface area (Å²) in [7, 11) is 0. The molecule has 0 aromatic heterocycles. The lowest BCUT2D eigenvalue weighted by Crippen LogP contribution is -2.47. The number of aliphatic carboxylic acids is 1. The van der Waals surface area contributed by atoms with E-state index in [0.29, 0.717) is 0 Å². The average Bonchev–Trinajstić information content (AvgIpc) is 3.04. The van der Waals surface area contributed by atoms with Gasteiger partial charge >= 0.3 is 12.1 Å². The summed E-state index contributed by atoms with van der Waals surface area (Å²) in [5, 5.41) is 13.4. The molecule has 0 saturated heterocycles. The second-order valence-corrected chi connectivity index (χ2v) is 6.81. The van der Waals surface area contributed by atoms with E-state index in [1.165, 1.54) is 0 Å². The molecule has 5 N–H and O–H groups in total. The number of amides is 3. The Morgan fingerprint density at radius 2 is 1.57 bits per heavy atom. The molecule has 3 amide bonds. The molecular weight excluding hydrogens is 390 g/mol. The molecule has 0 fully saturated rings. The van der Waals surface area contributed by atoms with Crippen molar-refractivity contribution in [2.45, 2.75) is 18.4 Å². The quantitative estimate of drug-likeness (QED) is 0.509. The third-order valence-corrected chi connectivity index (χ3v) is 4.78. The van der Waals surface area contributed by atoms with Gasteiger partial charge < -0.3 is 26.2 Å². The topological polar surface area (TPSA) is 148 Å². The van der Waals surface area contributed by atoms with Crippen molar-refractivity contribution in [3.05, 3.63) is 59.7 Å². The van der Waals surface area contributed by atoms with Crippen LogP contribution in [0.15, 0.2) is 48.5 Å². The summed E-state index contributed by atoms with van der Waals surface area (Å²) in [5.74, 6) is -3.17. The molecule has 0 bridgehead atoms. The first-order valence-electron chi connectivity index (χ1n) is 9.26. The van der Waals surface area contributed by atoms with Crippen LogP contribution in [-0.2, 0) is 19.1 Å². The molecule has 0 spiro atoms. The summed E-state index contributed by atoms with van der Waals surface area (Å²) in [6.07, 6.45) is -1.36. The number of carboxylic acids is 1. The van der Waals surface area contributed by atoms with Crippen LogP contribution in [0.25, 0.3) is 11.1 Å². The van der Waals surface area contributed by atoms with Gasteiger partial charge in [0.1, 0.15) is 19.2 Å². The van der Waals surface area contributed by atoms with Crippen LogP contribution in [0, 0.1) is 0 Å². The van der Waals surface area contributed by atoms with E-state index in [0.717, 1.165) is 22.3 Å². The molecular formula is C21H21N3O6. The molecule has 9 nitrogen and oxygen atoms in total. The van der Waals surface area contributed by atoms with Gasteiger partial charge in [0.05, 0.1) is 6.42 Å². The van der Waals surface area contributed by atoms with Crippen molar-refractivity contribution in [1.29, 1.82) is 0 Å². The van der Waals surface area contributed by atoms with Crippen molar-refractivity contribution in [2.75, 3.05) is 13.2 Å². The molecule has 2 aromatic rings. The zero-order chi connectivity index (χ0) is 21.7. The maximum Gasteiger partial charge on any atom is 0.407 e. The highest BCUT2D eigenvalue weighted by Crippen LogP contribution is 2.44. The van der Waals surface area contributed by atoms with Crippen LogP contribution < -0.4 is 16.4 Å². The van der Waals surface area contributed by atoms with Crippen LogP contribution in [-0.4, -0.2) is 48.2 Å². The first-order chi connectivity index (χ1) is 14.4. The molecule has 0 aliphatic heterocycles. The van der Waals surface area contributed by atoms with Crippen LogP contribution in [0.1, 0.15) is 23.5 Å². The molecule has 1 atom stereocenters. The molecule has 0 heterocycles. The summed E-state index contributed by atoms with van der Waals surface area (Å²) in [4.78, 5) is 45.7. The molecule has 0 unspecified atom stereocenters. The third-order valence-electron chi connectivity index (χ3n) is 4.78. The molecule has 3 rings (SSSR count). The molecule has 0 saturated carbocycles. The van der Waals surface area contributed by atoms with Gasteiger partial charge in [-0.25, -0.2) is 9.59 Å². The Morgan fingerprint density at radius 1 is 1.00 bits per heavy atom. The predicted molar refractivity (Wildman–Crippen MR) is 106 cm³/mol. The maximum absolute atomic E-state index is 12.0. The molecule has 156 valence electrons. The number of nitrogens with two attached hydrogens (primary N) is 1. The summed E-state index contributed by atoms with van der Waals surface area (Å²) in [6.45, 7) is -0.417. The van der Waals surface area contributed by atoms with Crippen LogP contribution in [0.2, 0.25) is 0 Å². The Bertz CT molecular complexity index is 945. The lowest BCUT2D eigenvalue weighted by molar-refractivity contribution is -0.143. The Morgan fingerprint density at radius 3 is 2.10 bits per heavy atom. The molecule has 9 heteroatoms. The number of rotatable bonds is 8. The van der Waals surface area contributed by atoms with Gasteiger partial charge in [-0.1, -0.05) is 48.5 Å². The van der Waals surface area contributed by atoms with Crippen LogP contribution in [0.5, 0.6) is 0 Å². The summed E-state index contributed by atoms with van der Waals surface area (Å²) in [6, 6.07) is 14.3. The van der Waals surface area contributed by atoms with Gasteiger partial charge in [-0.3, -0.25) is 9.59 Å². The van der Waals surface area contributed by atoms with Gasteiger partial charge in [0.2, 0.25) is 11.8 Å². The minimum absolute atomic E-state index is 0.0842. The number of carboxylic acid groups (broad SMARTS) is 1. The lowest BCUT2D eigenvalue weighted by Gasteiger charge is -2.15. The van der Waals surface area contributed by atoms with E-state index in [2.05, 4.69) is 10.6 Å². The largest absolute Gasteiger partial charge is 0.480 e. The number of carbonyl (C=O) groups excluding carboxylic acids is 3. The van der Waals surface area contributed by atoms with Crippen LogP contribution >= 0.6 is 0 Å². The monoisotopic (exact) mass is 411 g/mol. The fraction of sp³-hybridized carbons (Fsp3) is 0.238. The Balaban J connectivity index is 1.53. The fourth-order valence-electron chi connectivity index (χ4n) is 3.45. The van der Waals surface area contributed by atoms with Crippen molar-refractivity contribution >= 4 is 23.9 Å². The van der Waals surface area contributed by atoms with Crippen molar-refractivity contribution in [1.82, 2.24) is 10.6 Å². The minimum atomic E-state index is -1.46. The molecule has 30 heavy (non-hydrogen) atoms. The lowest BCUT2D eigenvalue weighted by atomic mass is 9.98. The fourth-order valence-corrected chi connectivity index (χ4v) is 3.45. The molecule has 1 aliphatic carbocycles. The standard InChI is InChI=1S/C21H21N3O6/c22-18(25)9-17(20(27)28)24-19(26)10-23-21(29)30-11-16-14-7-3-1-5-12(14)13-6-2-4-8-15(13)16/h1-8,16-17H,9-11H2,(H2,22,25)(H,23,29)(H,24,26)(H,27,28)/t17-/m0/s1. The number of benzene rings is 2. The van der Waals surface area contributed by atoms with Gasteiger partial charge in [0.25, 0.3) is 0 Å². The zero-order valence-corrected chi connectivity index (χ0v) is 16.0. The Labute approximate surface area is 172 Å². The van der Waals surface area contributed by atoms with Crippen molar-refractivity contribution in [3.8, 4) is 11.1 Å². The number of hydrogen-bond acceptors (Lipinski definition) is 5. The number of hydrogen-bond donors (Lipinski definition) is 4. The predicted octanol–water partition coefficient (Wildman–Crippen LogP) is 0.970. The van der Waals surface area contributed by atoms with E-state index >= 15 is 0 Å². The number of nitrogens with one attached hydrogen (secondary N) is 2. The molecule has 1 aliphatic rings. The maximum atomic E-state index is 12.0. The van der Waals surface area contributed by atoms with E-state index in [9.17, 15) is 19.2 Å². The molecule has 0 radical (unpaired) electrons.